The molecule has 16 heavy (non-hydrogen) atoms. The zero-order chi connectivity index (χ0) is 11.4. The number of carbonyl (C=O) groups excluding carboxylic acids is 1. The minimum atomic E-state index is -0.0947. The van der Waals surface area contributed by atoms with Crippen LogP contribution in [0.4, 0.5) is 5.69 Å². The molecule has 5 heteroatoms. The van der Waals surface area contributed by atoms with Crippen LogP contribution in [0.1, 0.15) is 12.8 Å². The summed E-state index contributed by atoms with van der Waals surface area (Å²) in [6, 6.07) is 5.57. The van der Waals surface area contributed by atoms with Crippen molar-refractivity contribution in [2.45, 2.75) is 12.8 Å². The van der Waals surface area contributed by atoms with Crippen LogP contribution in [0.2, 0.25) is 0 Å². The van der Waals surface area contributed by atoms with Crippen LogP contribution in [-0.2, 0) is 4.79 Å². The summed E-state index contributed by atoms with van der Waals surface area (Å²) in [7, 11) is 0. The van der Waals surface area contributed by atoms with E-state index in [1.165, 1.54) is 0 Å². The summed E-state index contributed by atoms with van der Waals surface area (Å²) in [5, 5.41) is 19.1. The van der Waals surface area contributed by atoms with Gasteiger partial charge in [-0.2, -0.15) is 5.10 Å². The van der Waals surface area contributed by atoms with Crippen LogP contribution in [0.25, 0.3) is 10.9 Å². The normalized spacial score (nSPS) is 10.6. The third-order valence-electron chi connectivity index (χ3n) is 2.32. The van der Waals surface area contributed by atoms with E-state index in [-0.39, 0.29) is 12.5 Å². The van der Waals surface area contributed by atoms with Crippen LogP contribution in [0.15, 0.2) is 24.4 Å². The number of benzene rings is 1. The lowest BCUT2D eigenvalue weighted by atomic mass is 10.2. The first-order valence-electron chi connectivity index (χ1n) is 5.14. The molecule has 1 aromatic heterocycles. The Bertz CT molecular complexity index is 493. The van der Waals surface area contributed by atoms with E-state index in [0.717, 1.165) is 16.6 Å². The molecule has 0 aliphatic carbocycles. The molecule has 84 valence electrons. The van der Waals surface area contributed by atoms with Gasteiger partial charge in [0.25, 0.3) is 0 Å². The van der Waals surface area contributed by atoms with Gasteiger partial charge in [-0.05, 0) is 18.6 Å². The number of aliphatic hydroxyl groups excluding tert-OH is 1. The fourth-order valence-electron chi connectivity index (χ4n) is 1.53. The van der Waals surface area contributed by atoms with Gasteiger partial charge < -0.3 is 10.4 Å². The molecule has 0 aliphatic rings. The fraction of sp³-hybridized carbons (Fsp3) is 0.273. The summed E-state index contributed by atoms with van der Waals surface area (Å²) >= 11 is 0. The maximum absolute atomic E-state index is 11.5. The van der Waals surface area contributed by atoms with Gasteiger partial charge >= 0.3 is 0 Å². The Morgan fingerprint density at radius 3 is 3.19 bits per heavy atom. The summed E-state index contributed by atoms with van der Waals surface area (Å²) in [4.78, 5) is 11.5. The number of nitrogens with zero attached hydrogens (tertiary/aromatic N) is 1. The molecule has 0 atom stereocenters. The minimum absolute atomic E-state index is 0.0311. The van der Waals surface area contributed by atoms with E-state index < -0.39 is 0 Å². The van der Waals surface area contributed by atoms with Gasteiger partial charge in [-0.1, -0.05) is 6.07 Å². The number of aromatic nitrogens is 2. The van der Waals surface area contributed by atoms with E-state index in [0.29, 0.717) is 12.8 Å². The number of carbonyl (C=O) groups is 1. The number of fused-ring (bicyclic) bond motifs is 1. The highest BCUT2D eigenvalue weighted by Gasteiger charge is 2.06. The first-order chi connectivity index (χ1) is 7.81. The van der Waals surface area contributed by atoms with Crippen molar-refractivity contribution >= 4 is 22.5 Å². The van der Waals surface area contributed by atoms with E-state index >= 15 is 0 Å². The van der Waals surface area contributed by atoms with Crippen LogP contribution in [-0.4, -0.2) is 27.8 Å². The van der Waals surface area contributed by atoms with E-state index in [4.69, 9.17) is 5.11 Å². The number of anilines is 1. The second kappa shape index (κ2) is 4.76. The molecule has 1 aromatic carbocycles. The largest absolute Gasteiger partial charge is 0.396 e. The Kier molecular flexibility index (Phi) is 3.16. The molecule has 1 amide bonds. The van der Waals surface area contributed by atoms with E-state index in [1.807, 2.05) is 18.2 Å². The summed E-state index contributed by atoms with van der Waals surface area (Å²) in [5.41, 5.74) is 1.63. The van der Waals surface area contributed by atoms with Gasteiger partial charge in [0.2, 0.25) is 5.91 Å². The standard InChI is InChI=1S/C11H13N3O2/c15-6-2-5-11(16)13-9-3-1-4-10-8(9)7-12-14-10/h1,3-4,7,15H,2,5-6H2,(H,12,14)(H,13,16). The molecule has 0 fully saturated rings. The average molecular weight is 219 g/mol. The van der Waals surface area contributed by atoms with Crippen molar-refractivity contribution in [3.05, 3.63) is 24.4 Å². The van der Waals surface area contributed by atoms with Crippen LogP contribution < -0.4 is 5.32 Å². The molecule has 0 bridgehead atoms. The van der Waals surface area contributed by atoms with E-state index in [9.17, 15) is 4.79 Å². The quantitative estimate of drug-likeness (QED) is 0.724. The fourth-order valence-corrected chi connectivity index (χ4v) is 1.53. The van der Waals surface area contributed by atoms with Crippen LogP contribution >= 0.6 is 0 Å². The van der Waals surface area contributed by atoms with Crippen LogP contribution in [0.3, 0.4) is 0 Å². The van der Waals surface area contributed by atoms with Gasteiger partial charge in [0.15, 0.2) is 0 Å². The Morgan fingerprint density at radius 1 is 1.50 bits per heavy atom. The lowest BCUT2D eigenvalue weighted by molar-refractivity contribution is -0.116. The van der Waals surface area contributed by atoms with Crippen LogP contribution in [0.5, 0.6) is 0 Å². The maximum atomic E-state index is 11.5. The second-order valence-electron chi connectivity index (χ2n) is 3.51. The molecule has 0 saturated heterocycles. The van der Waals surface area contributed by atoms with E-state index in [2.05, 4.69) is 15.5 Å². The van der Waals surface area contributed by atoms with Crippen molar-refractivity contribution < 1.29 is 9.90 Å². The number of nitrogens with one attached hydrogen (secondary N) is 2. The van der Waals surface area contributed by atoms with Gasteiger partial charge in [-0.15, -0.1) is 0 Å². The smallest absolute Gasteiger partial charge is 0.224 e. The number of hydrogen-bond acceptors (Lipinski definition) is 3. The number of hydrogen-bond donors (Lipinski definition) is 3. The average Bonchev–Trinajstić information content (AvgIpc) is 2.75. The maximum Gasteiger partial charge on any atom is 0.224 e. The molecule has 0 unspecified atom stereocenters. The Balaban J connectivity index is 2.14. The lowest BCUT2D eigenvalue weighted by Crippen LogP contribution is -2.11. The number of rotatable bonds is 4. The third-order valence-corrected chi connectivity index (χ3v) is 2.32. The van der Waals surface area contributed by atoms with Gasteiger partial charge in [0.1, 0.15) is 0 Å². The molecule has 0 saturated carbocycles. The van der Waals surface area contributed by atoms with Crippen molar-refractivity contribution in [3.63, 3.8) is 0 Å². The molecular weight excluding hydrogens is 206 g/mol. The third kappa shape index (κ3) is 2.20. The number of amides is 1. The Hall–Kier alpha value is -1.88. The highest BCUT2D eigenvalue weighted by molar-refractivity contribution is 6.00. The van der Waals surface area contributed by atoms with Gasteiger partial charge in [0, 0.05) is 18.4 Å². The molecule has 2 aromatic rings. The summed E-state index contributed by atoms with van der Waals surface area (Å²) in [5.74, 6) is -0.0947. The molecule has 3 N–H and O–H groups in total. The monoisotopic (exact) mass is 219 g/mol. The molecule has 0 spiro atoms. The number of H-pyrrole nitrogens is 1. The second-order valence-corrected chi connectivity index (χ2v) is 3.51. The highest BCUT2D eigenvalue weighted by Crippen LogP contribution is 2.21. The van der Waals surface area contributed by atoms with Crippen molar-refractivity contribution in [2.75, 3.05) is 11.9 Å². The predicted molar refractivity (Wildman–Crippen MR) is 61.0 cm³/mol. The first kappa shape index (κ1) is 10.6. The predicted octanol–water partition coefficient (Wildman–Crippen LogP) is 1.27. The SMILES string of the molecule is O=C(CCCO)Nc1cccc2[nH]ncc12. The highest BCUT2D eigenvalue weighted by atomic mass is 16.3. The summed E-state index contributed by atoms with van der Waals surface area (Å²) in [6.45, 7) is 0.0311. The summed E-state index contributed by atoms with van der Waals surface area (Å²) < 4.78 is 0. The molecule has 1 heterocycles. The molecule has 5 nitrogen and oxygen atoms in total. The van der Waals surface area contributed by atoms with Gasteiger partial charge in [-0.25, -0.2) is 0 Å². The molecule has 0 radical (unpaired) electrons. The minimum Gasteiger partial charge on any atom is -0.396 e. The first-order valence-corrected chi connectivity index (χ1v) is 5.14. The topological polar surface area (TPSA) is 78.0 Å². The molecule has 2 rings (SSSR count). The lowest BCUT2D eigenvalue weighted by Gasteiger charge is -2.05. The zero-order valence-electron chi connectivity index (χ0n) is 8.73. The molecular formula is C11H13N3O2. The van der Waals surface area contributed by atoms with Crippen molar-refractivity contribution in [3.8, 4) is 0 Å². The molecule has 0 aliphatic heterocycles. The Morgan fingerprint density at radius 2 is 2.38 bits per heavy atom. The zero-order valence-corrected chi connectivity index (χ0v) is 8.73. The van der Waals surface area contributed by atoms with Crippen molar-refractivity contribution in [2.24, 2.45) is 0 Å². The number of aromatic amines is 1. The Labute approximate surface area is 92.5 Å². The van der Waals surface area contributed by atoms with Gasteiger partial charge in [-0.3, -0.25) is 9.89 Å². The van der Waals surface area contributed by atoms with Gasteiger partial charge in [0.05, 0.1) is 17.4 Å². The number of aliphatic hydroxyl groups is 1. The van der Waals surface area contributed by atoms with Crippen molar-refractivity contribution in [1.29, 1.82) is 0 Å². The van der Waals surface area contributed by atoms with Crippen LogP contribution in [0, 0.1) is 0 Å². The van der Waals surface area contributed by atoms with E-state index in [1.54, 1.807) is 6.20 Å². The van der Waals surface area contributed by atoms with Crippen molar-refractivity contribution in [1.82, 2.24) is 10.2 Å². The summed E-state index contributed by atoms with van der Waals surface area (Å²) in [6.07, 6.45) is 2.48.